The molecule has 0 spiro atoms. The van der Waals surface area contributed by atoms with E-state index >= 15 is 0 Å². The summed E-state index contributed by atoms with van der Waals surface area (Å²) in [6.07, 6.45) is 10.2. The Bertz CT molecular complexity index is 415. The van der Waals surface area contributed by atoms with Crippen LogP contribution < -0.4 is 5.73 Å². The Morgan fingerprint density at radius 3 is 2.70 bits per heavy atom. The smallest absolute Gasteiger partial charge is 0.226 e. The molecule has 2 aliphatic rings. The van der Waals surface area contributed by atoms with Crippen molar-refractivity contribution in [2.24, 2.45) is 11.7 Å². The summed E-state index contributed by atoms with van der Waals surface area (Å²) < 4.78 is 11.1. The molecule has 1 saturated carbocycles. The van der Waals surface area contributed by atoms with Gasteiger partial charge in [0.1, 0.15) is 0 Å². The normalized spacial score (nSPS) is 31.4. The van der Waals surface area contributed by atoms with Crippen molar-refractivity contribution in [3.05, 3.63) is 11.7 Å². The first-order valence-electron chi connectivity index (χ1n) is 8.00. The molecule has 2 N–H and O–H groups in total. The highest BCUT2D eigenvalue weighted by atomic mass is 16.5. The Hall–Kier alpha value is -0.940. The molecule has 0 bridgehead atoms. The Morgan fingerprint density at radius 1 is 1.05 bits per heavy atom. The average molecular weight is 279 g/mol. The molecule has 1 aliphatic heterocycles. The lowest BCUT2D eigenvalue weighted by molar-refractivity contribution is 0.0153. The molecule has 3 unspecified atom stereocenters. The number of rotatable bonds is 4. The fourth-order valence-corrected chi connectivity index (χ4v) is 3.34. The molecule has 0 radical (unpaired) electrons. The van der Waals surface area contributed by atoms with Crippen molar-refractivity contribution < 1.29 is 9.26 Å². The average Bonchev–Trinajstić information content (AvgIpc) is 2.90. The highest BCUT2D eigenvalue weighted by Crippen LogP contribution is 2.26. The number of ether oxygens (including phenoxy) is 1. The third-order valence-corrected chi connectivity index (χ3v) is 4.60. The van der Waals surface area contributed by atoms with Crippen LogP contribution in [-0.2, 0) is 17.6 Å². The van der Waals surface area contributed by atoms with Gasteiger partial charge in [0, 0.05) is 25.5 Å². The molecule has 3 rings (SSSR count). The zero-order valence-corrected chi connectivity index (χ0v) is 12.1. The van der Waals surface area contributed by atoms with Crippen molar-refractivity contribution in [3.63, 3.8) is 0 Å². The third kappa shape index (κ3) is 3.58. The SMILES string of the molecule is NC1CCCCC1Cc1nc(CC2CCCCO2)no1. The zero-order valence-electron chi connectivity index (χ0n) is 12.1. The summed E-state index contributed by atoms with van der Waals surface area (Å²) in [6.45, 7) is 0.867. The van der Waals surface area contributed by atoms with Crippen LogP contribution in [-0.4, -0.2) is 28.9 Å². The first-order chi connectivity index (χ1) is 9.81. The van der Waals surface area contributed by atoms with Crippen LogP contribution in [0.25, 0.3) is 0 Å². The molecule has 5 heteroatoms. The van der Waals surface area contributed by atoms with Gasteiger partial charge in [-0.05, 0) is 38.0 Å². The van der Waals surface area contributed by atoms with E-state index in [1.165, 1.54) is 32.1 Å². The quantitative estimate of drug-likeness (QED) is 0.915. The maximum atomic E-state index is 6.17. The molecular formula is C15H25N3O2. The van der Waals surface area contributed by atoms with E-state index < -0.39 is 0 Å². The second-order valence-corrected chi connectivity index (χ2v) is 6.21. The van der Waals surface area contributed by atoms with Gasteiger partial charge in [0.15, 0.2) is 5.82 Å². The molecule has 5 nitrogen and oxygen atoms in total. The summed E-state index contributed by atoms with van der Waals surface area (Å²) in [6, 6.07) is 0.292. The fourth-order valence-electron chi connectivity index (χ4n) is 3.34. The van der Waals surface area contributed by atoms with E-state index in [4.69, 9.17) is 15.0 Å². The van der Waals surface area contributed by atoms with E-state index in [9.17, 15) is 0 Å². The molecular weight excluding hydrogens is 254 g/mol. The summed E-state index contributed by atoms with van der Waals surface area (Å²) in [5.41, 5.74) is 6.17. The zero-order chi connectivity index (χ0) is 13.8. The Balaban J connectivity index is 1.53. The maximum absolute atomic E-state index is 6.17. The van der Waals surface area contributed by atoms with Gasteiger partial charge in [-0.15, -0.1) is 0 Å². The molecule has 112 valence electrons. The van der Waals surface area contributed by atoms with Gasteiger partial charge in [-0.3, -0.25) is 0 Å². The van der Waals surface area contributed by atoms with E-state index in [0.29, 0.717) is 12.0 Å². The van der Waals surface area contributed by atoms with Gasteiger partial charge in [-0.2, -0.15) is 4.98 Å². The first-order valence-corrected chi connectivity index (χ1v) is 8.00. The van der Waals surface area contributed by atoms with E-state index in [1.54, 1.807) is 0 Å². The van der Waals surface area contributed by atoms with E-state index in [0.717, 1.165) is 44.0 Å². The van der Waals surface area contributed by atoms with Gasteiger partial charge in [0.05, 0.1) is 6.10 Å². The van der Waals surface area contributed by atoms with Crippen molar-refractivity contribution in [2.75, 3.05) is 6.61 Å². The number of hydrogen-bond acceptors (Lipinski definition) is 5. The van der Waals surface area contributed by atoms with Crippen molar-refractivity contribution in [1.29, 1.82) is 0 Å². The highest BCUT2D eigenvalue weighted by molar-refractivity contribution is 4.93. The van der Waals surface area contributed by atoms with Crippen molar-refractivity contribution >= 4 is 0 Å². The number of hydrogen-bond donors (Lipinski definition) is 1. The van der Waals surface area contributed by atoms with Crippen molar-refractivity contribution in [1.82, 2.24) is 10.1 Å². The van der Waals surface area contributed by atoms with Crippen LogP contribution in [0.3, 0.4) is 0 Å². The molecule has 3 atom stereocenters. The molecule has 2 fully saturated rings. The molecule has 0 amide bonds. The van der Waals surface area contributed by atoms with E-state index in [-0.39, 0.29) is 6.10 Å². The van der Waals surface area contributed by atoms with Crippen LogP contribution in [0.2, 0.25) is 0 Å². The second kappa shape index (κ2) is 6.68. The Labute approximate surface area is 120 Å². The van der Waals surface area contributed by atoms with Crippen LogP contribution >= 0.6 is 0 Å². The van der Waals surface area contributed by atoms with Crippen LogP contribution in [0.15, 0.2) is 4.52 Å². The fraction of sp³-hybridized carbons (Fsp3) is 0.867. The minimum Gasteiger partial charge on any atom is -0.378 e. The second-order valence-electron chi connectivity index (χ2n) is 6.21. The van der Waals surface area contributed by atoms with E-state index in [1.807, 2.05) is 0 Å². The van der Waals surface area contributed by atoms with Crippen molar-refractivity contribution in [2.45, 2.75) is 69.9 Å². The lowest BCUT2D eigenvalue weighted by atomic mass is 9.83. The van der Waals surface area contributed by atoms with Crippen LogP contribution in [0.5, 0.6) is 0 Å². The van der Waals surface area contributed by atoms with Gasteiger partial charge in [-0.25, -0.2) is 0 Å². The summed E-state index contributed by atoms with van der Waals surface area (Å²) in [7, 11) is 0. The lowest BCUT2D eigenvalue weighted by Crippen LogP contribution is -2.34. The molecule has 0 aromatic carbocycles. The summed E-state index contributed by atoms with van der Waals surface area (Å²) in [5.74, 6) is 2.04. The molecule has 2 heterocycles. The minimum absolute atomic E-state index is 0.270. The predicted octanol–water partition coefficient (Wildman–Crippen LogP) is 2.24. The standard InChI is InChI=1S/C15H25N3O2/c16-13-7-2-1-5-11(13)9-15-17-14(18-20-15)10-12-6-3-4-8-19-12/h11-13H,1-10,16H2. The molecule has 1 aliphatic carbocycles. The van der Waals surface area contributed by atoms with Crippen LogP contribution in [0.4, 0.5) is 0 Å². The number of nitrogens with two attached hydrogens (primary N) is 1. The van der Waals surface area contributed by atoms with Gasteiger partial charge in [-0.1, -0.05) is 18.0 Å². The number of nitrogens with zero attached hydrogens (tertiary/aromatic N) is 2. The summed E-state index contributed by atoms with van der Waals surface area (Å²) >= 11 is 0. The topological polar surface area (TPSA) is 74.2 Å². The van der Waals surface area contributed by atoms with E-state index in [2.05, 4.69) is 10.1 Å². The molecule has 1 aromatic rings. The van der Waals surface area contributed by atoms with Crippen LogP contribution in [0, 0.1) is 5.92 Å². The third-order valence-electron chi connectivity index (χ3n) is 4.60. The summed E-state index contributed by atoms with van der Waals surface area (Å²) in [4.78, 5) is 4.52. The van der Waals surface area contributed by atoms with Gasteiger partial charge in [0.2, 0.25) is 5.89 Å². The number of aromatic nitrogens is 2. The lowest BCUT2D eigenvalue weighted by Gasteiger charge is -2.27. The minimum atomic E-state index is 0.270. The van der Waals surface area contributed by atoms with Gasteiger partial charge in [0.25, 0.3) is 0 Å². The van der Waals surface area contributed by atoms with Crippen molar-refractivity contribution in [3.8, 4) is 0 Å². The Kier molecular flexibility index (Phi) is 4.68. The monoisotopic (exact) mass is 279 g/mol. The molecule has 20 heavy (non-hydrogen) atoms. The maximum Gasteiger partial charge on any atom is 0.226 e. The summed E-state index contributed by atoms with van der Waals surface area (Å²) in [5, 5.41) is 4.09. The van der Waals surface area contributed by atoms with Crippen LogP contribution in [0.1, 0.15) is 56.7 Å². The first kappa shape index (κ1) is 14.0. The Morgan fingerprint density at radius 2 is 1.90 bits per heavy atom. The predicted molar refractivity (Wildman–Crippen MR) is 75.2 cm³/mol. The molecule has 1 aromatic heterocycles. The largest absolute Gasteiger partial charge is 0.378 e. The van der Waals surface area contributed by atoms with Gasteiger partial charge >= 0.3 is 0 Å². The van der Waals surface area contributed by atoms with Gasteiger partial charge < -0.3 is 15.0 Å². The molecule has 1 saturated heterocycles. The highest BCUT2D eigenvalue weighted by Gasteiger charge is 2.25.